The first-order valence-corrected chi connectivity index (χ1v) is 6.54. The molecule has 0 fully saturated rings. The van der Waals surface area contributed by atoms with Crippen LogP contribution in [0.15, 0.2) is 5.38 Å². The van der Waals surface area contributed by atoms with Gasteiger partial charge in [0.15, 0.2) is 10.9 Å². The first-order valence-electron chi connectivity index (χ1n) is 4.18. The maximum absolute atomic E-state index is 11.2. The van der Waals surface area contributed by atoms with Crippen LogP contribution in [-0.2, 0) is 10.2 Å². The van der Waals surface area contributed by atoms with E-state index >= 15 is 0 Å². The fourth-order valence-electron chi connectivity index (χ4n) is 0.823. The molecule has 0 spiro atoms. The van der Waals surface area contributed by atoms with E-state index in [1.54, 1.807) is 6.92 Å². The van der Waals surface area contributed by atoms with Crippen molar-refractivity contribution in [3.63, 3.8) is 0 Å². The zero-order valence-corrected chi connectivity index (χ0v) is 9.91. The molecular weight excluding hydrogens is 238 g/mol. The SMILES string of the molecule is CCNS(=O)(=O)Nc1nc(C(C)=O)cs1. The van der Waals surface area contributed by atoms with Crippen LogP contribution in [0.1, 0.15) is 24.3 Å². The average Bonchev–Trinajstić information content (AvgIpc) is 2.51. The highest BCUT2D eigenvalue weighted by molar-refractivity contribution is 7.91. The van der Waals surface area contributed by atoms with Crippen molar-refractivity contribution in [2.75, 3.05) is 11.3 Å². The summed E-state index contributed by atoms with van der Waals surface area (Å²) >= 11 is 1.07. The van der Waals surface area contributed by atoms with E-state index in [4.69, 9.17) is 0 Å². The average molecular weight is 249 g/mol. The van der Waals surface area contributed by atoms with Crippen molar-refractivity contribution in [1.29, 1.82) is 0 Å². The molecule has 0 bridgehead atoms. The summed E-state index contributed by atoms with van der Waals surface area (Å²) in [5.74, 6) is -0.194. The number of hydrogen-bond donors (Lipinski definition) is 2. The molecule has 0 radical (unpaired) electrons. The second kappa shape index (κ2) is 4.69. The van der Waals surface area contributed by atoms with Crippen molar-refractivity contribution < 1.29 is 13.2 Å². The second-order valence-electron chi connectivity index (χ2n) is 2.70. The number of Topliss-reactive ketones (excluding diaryl/α,β-unsaturated/α-hetero) is 1. The third-order valence-electron chi connectivity index (χ3n) is 1.42. The number of carbonyl (C=O) groups excluding carboxylic acids is 1. The van der Waals surface area contributed by atoms with E-state index in [1.807, 2.05) is 0 Å². The molecule has 0 aliphatic heterocycles. The van der Waals surface area contributed by atoms with E-state index in [-0.39, 0.29) is 16.6 Å². The first-order chi connectivity index (χ1) is 6.94. The normalized spacial score (nSPS) is 11.3. The summed E-state index contributed by atoms with van der Waals surface area (Å²) in [6, 6.07) is 0. The van der Waals surface area contributed by atoms with Gasteiger partial charge in [0.05, 0.1) is 0 Å². The van der Waals surface area contributed by atoms with Gasteiger partial charge in [0.1, 0.15) is 5.69 Å². The molecule has 1 heterocycles. The van der Waals surface area contributed by atoms with Crippen LogP contribution in [0.5, 0.6) is 0 Å². The van der Waals surface area contributed by atoms with Gasteiger partial charge >= 0.3 is 10.2 Å². The van der Waals surface area contributed by atoms with Crippen molar-refractivity contribution in [1.82, 2.24) is 9.71 Å². The van der Waals surface area contributed by atoms with E-state index in [9.17, 15) is 13.2 Å². The topological polar surface area (TPSA) is 88.2 Å². The minimum absolute atomic E-state index is 0.182. The number of carbonyl (C=O) groups is 1. The molecule has 0 unspecified atom stereocenters. The van der Waals surface area contributed by atoms with Crippen molar-refractivity contribution in [2.24, 2.45) is 0 Å². The molecule has 6 nitrogen and oxygen atoms in total. The predicted octanol–water partition coefficient (Wildman–Crippen LogP) is 0.612. The van der Waals surface area contributed by atoms with Crippen molar-refractivity contribution in [2.45, 2.75) is 13.8 Å². The Kier molecular flexibility index (Phi) is 3.77. The molecule has 84 valence electrons. The summed E-state index contributed by atoms with van der Waals surface area (Å²) in [4.78, 5) is 14.7. The summed E-state index contributed by atoms with van der Waals surface area (Å²) in [5.41, 5.74) is 0.259. The summed E-state index contributed by atoms with van der Waals surface area (Å²) in [6.07, 6.45) is 0. The monoisotopic (exact) mass is 249 g/mol. The zero-order chi connectivity index (χ0) is 11.5. The lowest BCUT2D eigenvalue weighted by molar-refractivity contribution is 0.101. The Morgan fingerprint density at radius 2 is 2.27 bits per heavy atom. The number of nitrogens with zero attached hydrogens (tertiary/aromatic N) is 1. The summed E-state index contributed by atoms with van der Waals surface area (Å²) in [7, 11) is -3.56. The Labute approximate surface area is 91.9 Å². The molecule has 0 atom stereocenters. The first kappa shape index (κ1) is 12.1. The maximum atomic E-state index is 11.2. The highest BCUT2D eigenvalue weighted by atomic mass is 32.2. The Morgan fingerprint density at radius 3 is 2.73 bits per heavy atom. The van der Waals surface area contributed by atoms with Crippen LogP contribution in [0, 0.1) is 0 Å². The Bertz CT molecular complexity index is 452. The number of nitrogens with one attached hydrogen (secondary N) is 2. The number of rotatable bonds is 5. The fourth-order valence-corrected chi connectivity index (χ4v) is 2.67. The minimum atomic E-state index is -3.56. The molecule has 1 aromatic heterocycles. The summed E-state index contributed by atoms with van der Waals surface area (Å²) in [5, 5.41) is 1.69. The van der Waals surface area contributed by atoms with Gasteiger partial charge in [0.25, 0.3) is 0 Å². The van der Waals surface area contributed by atoms with Crippen LogP contribution in [0.4, 0.5) is 5.13 Å². The highest BCUT2D eigenvalue weighted by Crippen LogP contribution is 2.16. The molecule has 0 aromatic carbocycles. The number of anilines is 1. The zero-order valence-electron chi connectivity index (χ0n) is 8.27. The van der Waals surface area contributed by atoms with Gasteiger partial charge in [-0.3, -0.25) is 4.79 Å². The summed E-state index contributed by atoms with van der Waals surface area (Å²) < 4.78 is 26.9. The lowest BCUT2D eigenvalue weighted by Crippen LogP contribution is -2.29. The Hall–Kier alpha value is -0.990. The molecule has 8 heteroatoms. The molecule has 2 N–H and O–H groups in total. The Balaban J connectivity index is 2.77. The molecule has 0 saturated carbocycles. The van der Waals surface area contributed by atoms with Gasteiger partial charge in [-0.05, 0) is 0 Å². The van der Waals surface area contributed by atoms with Crippen LogP contribution in [0.2, 0.25) is 0 Å². The maximum Gasteiger partial charge on any atom is 0.300 e. The van der Waals surface area contributed by atoms with E-state index in [1.165, 1.54) is 12.3 Å². The molecule has 1 aromatic rings. The van der Waals surface area contributed by atoms with Crippen LogP contribution >= 0.6 is 11.3 Å². The molecule has 15 heavy (non-hydrogen) atoms. The lowest BCUT2D eigenvalue weighted by atomic mass is 10.4. The summed E-state index contributed by atoms with van der Waals surface area (Å²) in [6.45, 7) is 3.33. The van der Waals surface area contributed by atoms with Gasteiger partial charge in [-0.25, -0.2) is 9.71 Å². The van der Waals surface area contributed by atoms with Gasteiger partial charge in [0, 0.05) is 18.8 Å². The van der Waals surface area contributed by atoms with E-state index in [0.29, 0.717) is 6.54 Å². The van der Waals surface area contributed by atoms with Gasteiger partial charge in [0.2, 0.25) is 0 Å². The van der Waals surface area contributed by atoms with Crippen molar-refractivity contribution in [3.8, 4) is 0 Å². The molecule has 1 rings (SSSR count). The highest BCUT2D eigenvalue weighted by Gasteiger charge is 2.12. The third kappa shape index (κ3) is 3.57. The smallest absolute Gasteiger partial charge is 0.293 e. The minimum Gasteiger partial charge on any atom is -0.293 e. The number of aromatic nitrogens is 1. The second-order valence-corrected chi connectivity index (χ2v) is 5.06. The standard InChI is InChI=1S/C7H11N3O3S2/c1-3-8-15(12,13)10-7-9-6(4-14-7)5(2)11/h4,8H,3H2,1-2H3,(H,9,10). The predicted molar refractivity (Wildman–Crippen MR) is 58.3 cm³/mol. The fraction of sp³-hybridized carbons (Fsp3) is 0.429. The van der Waals surface area contributed by atoms with Crippen molar-refractivity contribution >= 4 is 32.5 Å². The third-order valence-corrected chi connectivity index (χ3v) is 3.44. The van der Waals surface area contributed by atoms with Gasteiger partial charge in [-0.15, -0.1) is 11.3 Å². The number of hydrogen-bond acceptors (Lipinski definition) is 5. The van der Waals surface area contributed by atoms with Crippen LogP contribution < -0.4 is 9.44 Å². The van der Waals surface area contributed by atoms with Gasteiger partial charge in [-0.1, -0.05) is 6.92 Å². The van der Waals surface area contributed by atoms with Crippen LogP contribution in [-0.4, -0.2) is 25.7 Å². The van der Waals surface area contributed by atoms with Gasteiger partial charge < -0.3 is 0 Å². The molecular formula is C7H11N3O3S2. The quantitative estimate of drug-likeness (QED) is 0.748. The number of ketones is 1. The van der Waals surface area contributed by atoms with E-state index in [0.717, 1.165) is 11.3 Å². The van der Waals surface area contributed by atoms with E-state index < -0.39 is 10.2 Å². The van der Waals surface area contributed by atoms with Gasteiger partial charge in [-0.2, -0.15) is 13.1 Å². The van der Waals surface area contributed by atoms with E-state index in [2.05, 4.69) is 14.4 Å². The van der Waals surface area contributed by atoms with Crippen LogP contribution in [0.3, 0.4) is 0 Å². The molecule has 0 saturated heterocycles. The van der Waals surface area contributed by atoms with Crippen LogP contribution in [0.25, 0.3) is 0 Å². The number of thiazole rings is 1. The largest absolute Gasteiger partial charge is 0.300 e. The Morgan fingerprint density at radius 1 is 1.60 bits per heavy atom. The molecule has 0 aliphatic rings. The molecule has 0 amide bonds. The van der Waals surface area contributed by atoms with Crippen molar-refractivity contribution in [3.05, 3.63) is 11.1 Å². The molecule has 0 aliphatic carbocycles. The lowest BCUT2D eigenvalue weighted by Gasteiger charge is -2.03.